The normalized spacial score (nSPS) is 18.1. The van der Waals surface area contributed by atoms with E-state index in [0.717, 1.165) is 58.3 Å². The number of carbonyl (C=O) groups is 3. The molecule has 2 aromatic rings. The highest BCUT2D eigenvalue weighted by Crippen LogP contribution is 2.30. The number of carboxylic acid groups (broad SMARTS) is 1. The summed E-state index contributed by atoms with van der Waals surface area (Å²) in [6, 6.07) is 6.89. The summed E-state index contributed by atoms with van der Waals surface area (Å²) >= 11 is 0. The largest absolute Gasteiger partial charge is 0.478 e. The molecule has 0 unspecified atom stereocenters. The number of hydrogen-bond donors (Lipinski definition) is 2. The molecule has 0 radical (unpaired) electrons. The molecule has 3 fully saturated rings. The van der Waals surface area contributed by atoms with Crippen LogP contribution in [0.1, 0.15) is 55.3 Å². The van der Waals surface area contributed by atoms with Crippen molar-refractivity contribution in [1.82, 2.24) is 14.8 Å². The molecule has 5 rings (SSSR count). The van der Waals surface area contributed by atoms with Crippen LogP contribution in [0.25, 0.3) is 10.9 Å². The van der Waals surface area contributed by atoms with Crippen molar-refractivity contribution in [3.05, 3.63) is 29.8 Å². The summed E-state index contributed by atoms with van der Waals surface area (Å²) in [5, 5.41) is 13.3. The van der Waals surface area contributed by atoms with Crippen LogP contribution in [0, 0.1) is 5.92 Å². The number of benzene rings is 1. The van der Waals surface area contributed by atoms with E-state index >= 15 is 0 Å². The molecule has 39 heavy (non-hydrogen) atoms. The molecule has 216 valence electrons. The van der Waals surface area contributed by atoms with Crippen molar-refractivity contribution < 1.29 is 19.5 Å². The fraction of sp³-hybridized carbons (Fsp3) is 0.556. The van der Waals surface area contributed by atoms with Crippen molar-refractivity contribution in [2.45, 2.75) is 44.9 Å². The molecular formula is C27H38Cl3N5O4. The predicted octanol–water partition coefficient (Wildman–Crippen LogP) is 4.46. The van der Waals surface area contributed by atoms with Crippen LogP contribution in [0.5, 0.6) is 0 Å². The topological polar surface area (TPSA) is 106 Å². The van der Waals surface area contributed by atoms with Crippen LogP contribution < -0.4 is 10.2 Å². The lowest BCUT2D eigenvalue weighted by Crippen LogP contribution is -2.50. The number of aromatic nitrogens is 1. The number of likely N-dealkylation sites (tertiary alicyclic amines) is 1. The first-order valence-electron chi connectivity index (χ1n) is 13.2. The summed E-state index contributed by atoms with van der Waals surface area (Å²) in [4.78, 5) is 48.2. The molecule has 1 aromatic carbocycles. The number of hydrogen-bond acceptors (Lipinski definition) is 6. The minimum atomic E-state index is -1.02. The minimum Gasteiger partial charge on any atom is -0.478 e. The first-order chi connectivity index (χ1) is 17.5. The van der Waals surface area contributed by atoms with Crippen molar-refractivity contribution in [3.63, 3.8) is 0 Å². The van der Waals surface area contributed by atoms with Crippen LogP contribution in [0.15, 0.2) is 24.3 Å². The predicted molar refractivity (Wildman–Crippen MR) is 160 cm³/mol. The summed E-state index contributed by atoms with van der Waals surface area (Å²) in [6.45, 7) is 4.99. The van der Waals surface area contributed by atoms with E-state index in [9.17, 15) is 19.5 Å². The first kappa shape index (κ1) is 32.9. The van der Waals surface area contributed by atoms with Crippen molar-refractivity contribution in [3.8, 4) is 0 Å². The Morgan fingerprint density at radius 3 is 2.13 bits per heavy atom. The molecule has 0 spiro atoms. The molecule has 3 heterocycles. The summed E-state index contributed by atoms with van der Waals surface area (Å²) in [7, 11) is 0. The lowest BCUT2D eigenvalue weighted by atomic mass is 9.85. The molecule has 0 atom stereocenters. The van der Waals surface area contributed by atoms with Crippen molar-refractivity contribution in [2.75, 3.05) is 56.0 Å². The molecule has 2 amide bonds. The van der Waals surface area contributed by atoms with Gasteiger partial charge in [-0.3, -0.25) is 14.5 Å². The Bertz CT molecular complexity index is 1150. The van der Waals surface area contributed by atoms with E-state index in [1.165, 1.54) is 12.8 Å². The van der Waals surface area contributed by atoms with E-state index in [0.29, 0.717) is 42.0 Å². The van der Waals surface area contributed by atoms with Crippen molar-refractivity contribution in [2.24, 2.45) is 5.92 Å². The number of rotatable bonds is 6. The van der Waals surface area contributed by atoms with Gasteiger partial charge in [-0.25, -0.2) is 9.78 Å². The lowest BCUT2D eigenvalue weighted by molar-refractivity contribution is -0.132. The Morgan fingerprint density at radius 1 is 0.872 bits per heavy atom. The SMILES string of the molecule is Cl.Cl.Cl.O=C(O)c1cc(N2CCN(CC(=O)N3CCCCCC3)CC2)nc2ccc(NC(=O)C3CCC3)cc12. The number of carbonyl (C=O) groups excluding carboxylic acids is 2. The molecule has 1 aromatic heterocycles. The highest BCUT2D eigenvalue weighted by Gasteiger charge is 2.26. The van der Waals surface area contributed by atoms with Gasteiger partial charge in [-0.15, -0.1) is 37.2 Å². The zero-order chi connectivity index (χ0) is 25.1. The molecule has 0 bridgehead atoms. The van der Waals surface area contributed by atoms with E-state index in [-0.39, 0.29) is 60.5 Å². The van der Waals surface area contributed by atoms with Gasteiger partial charge in [0.05, 0.1) is 17.6 Å². The third kappa shape index (κ3) is 7.87. The molecule has 2 aliphatic heterocycles. The van der Waals surface area contributed by atoms with Gasteiger partial charge in [0.15, 0.2) is 0 Å². The van der Waals surface area contributed by atoms with E-state index in [1.54, 1.807) is 24.3 Å². The molecule has 3 aliphatic rings. The molecule has 1 saturated carbocycles. The summed E-state index contributed by atoms with van der Waals surface area (Å²) in [6.07, 6.45) is 7.48. The monoisotopic (exact) mass is 601 g/mol. The molecular weight excluding hydrogens is 565 g/mol. The highest BCUT2D eigenvalue weighted by molar-refractivity contribution is 6.05. The molecule has 2 N–H and O–H groups in total. The number of nitrogens with zero attached hydrogens (tertiary/aromatic N) is 4. The van der Waals surface area contributed by atoms with Gasteiger partial charge in [0, 0.05) is 56.3 Å². The lowest BCUT2D eigenvalue weighted by Gasteiger charge is -2.36. The average Bonchev–Trinajstić information content (AvgIpc) is 3.12. The van der Waals surface area contributed by atoms with Crippen LogP contribution in [0.4, 0.5) is 11.5 Å². The highest BCUT2D eigenvalue weighted by atomic mass is 35.5. The van der Waals surface area contributed by atoms with Gasteiger partial charge in [0.2, 0.25) is 11.8 Å². The zero-order valence-electron chi connectivity index (χ0n) is 22.0. The number of carboxylic acids is 1. The van der Waals surface area contributed by atoms with Crippen molar-refractivity contribution >= 4 is 77.4 Å². The number of amides is 2. The molecule has 12 heteroatoms. The average molecular weight is 603 g/mol. The van der Waals surface area contributed by atoms with Gasteiger partial charge in [0.1, 0.15) is 5.82 Å². The Balaban J connectivity index is 0.00000178. The molecule has 2 saturated heterocycles. The number of pyridine rings is 1. The number of halogens is 3. The van der Waals surface area contributed by atoms with Crippen LogP contribution in [0.3, 0.4) is 0 Å². The fourth-order valence-corrected chi connectivity index (χ4v) is 5.29. The Kier molecular flexibility index (Phi) is 12.5. The third-order valence-corrected chi connectivity index (χ3v) is 7.78. The van der Waals surface area contributed by atoms with Crippen LogP contribution in [0.2, 0.25) is 0 Å². The summed E-state index contributed by atoms with van der Waals surface area (Å²) < 4.78 is 0. The van der Waals surface area contributed by atoms with Crippen molar-refractivity contribution in [1.29, 1.82) is 0 Å². The van der Waals surface area contributed by atoms with Crippen LogP contribution in [-0.4, -0.2) is 83.5 Å². The smallest absolute Gasteiger partial charge is 0.336 e. The zero-order valence-corrected chi connectivity index (χ0v) is 24.4. The maximum atomic E-state index is 12.8. The Hall–Kier alpha value is -2.33. The van der Waals surface area contributed by atoms with E-state index in [4.69, 9.17) is 4.98 Å². The van der Waals surface area contributed by atoms with E-state index in [1.807, 2.05) is 4.90 Å². The van der Waals surface area contributed by atoms with Gasteiger partial charge < -0.3 is 20.2 Å². The second kappa shape index (κ2) is 14.9. The summed E-state index contributed by atoms with van der Waals surface area (Å²) in [5.74, 6) is -0.132. The van der Waals surface area contributed by atoms with Gasteiger partial charge in [-0.2, -0.15) is 0 Å². The second-order valence-electron chi connectivity index (χ2n) is 10.2. The maximum absolute atomic E-state index is 12.8. The third-order valence-electron chi connectivity index (χ3n) is 7.78. The second-order valence-corrected chi connectivity index (χ2v) is 10.2. The van der Waals surface area contributed by atoms with Gasteiger partial charge in [-0.05, 0) is 49.9 Å². The number of fused-ring (bicyclic) bond motifs is 1. The standard InChI is InChI=1S/C27H35N5O4.3ClH/c33-25(32-10-3-1-2-4-11-32)18-30-12-14-31(15-13-30)24-17-22(27(35)36)21-16-20(8-9-23(21)29-24)28-26(34)19-6-5-7-19;;;/h8-9,16-17,19H,1-7,10-15,18H2,(H,28,34)(H,35,36);3*1H. The minimum absolute atomic E-state index is 0. The number of piperazine rings is 1. The molecule has 9 nitrogen and oxygen atoms in total. The Labute approximate surface area is 247 Å². The first-order valence-corrected chi connectivity index (χ1v) is 13.2. The van der Waals surface area contributed by atoms with Gasteiger partial charge in [0.25, 0.3) is 0 Å². The fourth-order valence-electron chi connectivity index (χ4n) is 5.29. The Morgan fingerprint density at radius 2 is 1.54 bits per heavy atom. The van der Waals surface area contributed by atoms with Crippen LogP contribution in [-0.2, 0) is 9.59 Å². The van der Waals surface area contributed by atoms with E-state index in [2.05, 4.69) is 15.1 Å². The number of aromatic carboxylic acids is 1. The maximum Gasteiger partial charge on any atom is 0.336 e. The summed E-state index contributed by atoms with van der Waals surface area (Å²) in [5.41, 5.74) is 1.36. The van der Waals surface area contributed by atoms with Crippen LogP contribution >= 0.6 is 37.2 Å². The quantitative estimate of drug-likeness (QED) is 0.503. The number of nitrogens with one attached hydrogen (secondary N) is 1. The van der Waals surface area contributed by atoms with Gasteiger partial charge >= 0.3 is 5.97 Å². The van der Waals surface area contributed by atoms with Gasteiger partial charge in [-0.1, -0.05) is 19.3 Å². The molecule has 1 aliphatic carbocycles. The number of anilines is 2. The van der Waals surface area contributed by atoms with E-state index < -0.39 is 5.97 Å².